The predicted molar refractivity (Wildman–Crippen MR) is 67.9 cm³/mol. The lowest BCUT2D eigenvalue weighted by Gasteiger charge is -2.07. The second-order valence-electron chi connectivity index (χ2n) is 4.68. The third kappa shape index (κ3) is 3.22. The van der Waals surface area contributed by atoms with Crippen LogP contribution in [-0.4, -0.2) is 26.6 Å². The summed E-state index contributed by atoms with van der Waals surface area (Å²) in [5, 5.41) is 14.4. The van der Waals surface area contributed by atoms with E-state index in [9.17, 15) is 5.11 Å². The molecule has 17 heavy (non-hydrogen) atoms. The standard InChI is InChI=1S/C12H20N2O2S/c1-3-8(2)17-7-11-13-12(16-14-11)9-5-4-6-10(9)15/h8-10,15H,3-7H2,1-2H3. The smallest absolute Gasteiger partial charge is 0.232 e. The molecule has 1 aliphatic rings. The SMILES string of the molecule is CCC(C)SCc1noc(C2CCCC2O)n1. The largest absolute Gasteiger partial charge is 0.392 e. The maximum absolute atomic E-state index is 9.77. The Balaban J connectivity index is 1.91. The minimum atomic E-state index is -0.300. The Bertz CT molecular complexity index is 356. The molecule has 0 saturated heterocycles. The molecular weight excluding hydrogens is 236 g/mol. The van der Waals surface area contributed by atoms with Crippen molar-refractivity contribution in [3.8, 4) is 0 Å². The summed E-state index contributed by atoms with van der Waals surface area (Å²) < 4.78 is 5.25. The maximum atomic E-state index is 9.77. The van der Waals surface area contributed by atoms with Crippen molar-refractivity contribution in [2.24, 2.45) is 0 Å². The van der Waals surface area contributed by atoms with Crippen molar-refractivity contribution in [3.63, 3.8) is 0 Å². The highest BCUT2D eigenvalue weighted by Gasteiger charge is 2.31. The quantitative estimate of drug-likeness (QED) is 0.877. The van der Waals surface area contributed by atoms with Gasteiger partial charge in [0.15, 0.2) is 5.82 Å². The molecule has 0 amide bonds. The number of aliphatic hydroxyl groups excluding tert-OH is 1. The average molecular weight is 256 g/mol. The Labute approximate surface area is 106 Å². The van der Waals surface area contributed by atoms with E-state index in [-0.39, 0.29) is 12.0 Å². The molecule has 1 N–H and O–H groups in total. The van der Waals surface area contributed by atoms with Gasteiger partial charge in [-0.15, -0.1) is 0 Å². The molecule has 96 valence electrons. The number of rotatable bonds is 5. The minimum absolute atomic E-state index is 0.0600. The normalized spacial score (nSPS) is 26.3. The molecule has 3 atom stereocenters. The summed E-state index contributed by atoms with van der Waals surface area (Å²) in [7, 11) is 0. The van der Waals surface area contributed by atoms with Crippen molar-refractivity contribution in [2.45, 2.75) is 62.6 Å². The van der Waals surface area contributed by atoms with Crippen LogP contribution in [0.15, 0.2) is 4.52 Å². The number of nitrogens with zero attached hydrogens (tertiary/aromatic N) is 2. The molecule has 0 radical (unpaired) electrons. The van der Waals surface area contributed by atoms with Gasteiger partial charge in [-0.05, 0) is 25.7 Å². The van der Waals surface area contributed by atoms with Crippen molar-refractivity contribution in [1.29, 1.82) is 0 Å². The van der Waals surface area contributed by atoms with Gasteiger partial charge in [-0.25, -0.2) is 0 Å². The lowest BCUT2D eigenvalue weighted by molar-refractivity contribution is 0.148. The average Bonchev–Trinajstić information content (AvgIpc) is 2.94. The first kappa shape index (κ1) is 12.9. The lowest BCUT2D eigenvalue weighted by Crippen LogP contribution is -2.11. The molecule has 5 heteroatoms. The summed E-state index contributed by atoms with van der Waals surface area (Å²) in [5.41, 5.74) is 0. The van der Waals surface area contributed by atoms with Crippen LogP contribution in [0.3, 0.4) is 0 Å². The molecule has 0 aliphatic heterocycles. The van der Waals surface area contributed by atoms with Gasteiger partial charge in [-0.3, -0.25) is 0 Å². The van der Waals surface area contributed by atoms with Crippen LogP contribution in [0.2, 0.25) is 0 Å². The summed E-state index contributed by atoms with van der Waals surface area (Å²) in [6.45, 7) is 4.38. The minimum Gasteiger partial charge on any atom is -0.392 e. The van der Waals surface area contributed by atoms with Gasteiger partial charge < -0.3 is 9.63 Å². The number of aromatic nitrogens is 2. The Hall–Kier alpha value is -0.550. The monoisotopic (exact) mass is 256 g/mol. The Morgan fingerprint density at radius 3 is 3.00 bits per heavy atom. The summed E-state index contributed by atoms with van der Waals surface area (Å²) in [4.78, 5) is 4.39. The third-order valence-electron chi connectivity index (χ3n) is 3.35. The second kappa shape index (κ2) is 5.87. The van der Waals surface area contributed by atoms with Crippen LogP contribution in [0.4, 0.5) is 0 Å². The van der Waals surface area contributed by atoms with E-state index in [0.29, 0.717) is 11.1 Å². The van der Waals surface area contributed by atoms with Crippen molar-refractivity contribution in [2.75, 3.05) is 0 Å². The van der Waals surface area contributed by atoms with Gasteiger partial charge in [0, 0.05) is 5.25 Å². The zero-order valence-corrected chi connectivity index (χ0v) is 11.2. The molecule has 1 aromatic heterocycles. The van der Waals surface area contributed by atoms with Crippen LogP contribution in [-0.2, 0) is 5.75 Å². The molecule has 4 nitrogen and oxygen atoms in total. The van der Waals surface area contributed by atoms with Crippen LogP contribution in [0.1, 0.15) is 57.2 Å². The second-order valence-corrected chi connectivity index (χ2v) is 6.11. The van der Waals surface area contributed by atoms with Crippen molar-refractivity contribution >= 4 is 11.8 Å². The Morgan fingerprint density at radius 1 is 1.53 bits per heavy atom. The van der Waals surface area contributed by atoms with Crippen LogP contribution < -0.4 is 0 Å². The fraction of sp³-hybridized carbons (Fsp3) is 0.833. The third-order valence-corrected chi connectivity index (χ3v) is 4.68. The summed E-state index contributed by atoms with van der Waals surface area (Å²) in [5.74, 6) is 2.23. The van der Waals surface area contributed by atoms with Crippen molar-refractivity contribution in [3.05, 3.63) is 11.7 Å². The first-order valence-corrected chi connectivity index (χ1v) is 7.37. The molecule has 3 unspecified atom stereocenters. The molecule has 0 bridgehead atoms. The first-order valence-electron chi connectivity index (χ1n) is 6.32. The predicted octanol–water partition coefficient (Wildman–Crippen LogP) is 2.73. The van der Waals surface area contributed by atoms with E-state index in [2.05, 4.69) is 24.0 Å². The fourth-order valence-electron chi connectivity index (χ4n) is 2.04. The Morgan fingerprint density at radius 2 is 2.35 bits per heavy atom. The molecule has 1 heterocycles. The highest BCUT2D eigenvalue weighted by molar-refractivity contribution is 7.99. The van der Waals surface area contributed by atoms with E-state index in [1.165, 1.54) is 0 Å². The molecule has 0 aromatic carbocycles. The number of thioether (sulfide) groups is 1. The molecule has 0 spiro atoms. The number of hydrogen-bond donors (Lipinski definition) is 1. The van der Waals surface area contributed by atoms with E-state index >= 15 is 0 Å². The molecule has 1 saturated carbocycles. The van der Waals surface area contributed by atoms with E-state index in [1.54, 1.807) is 0 Å². The van der Waals surface area contributed by atoms with E-state index in [1.807, 2.05) is 11.8 Å². The molecule has 1 aliphatic carbocycles. The van der Waals surface area contributed by atoms with Gasteiger partial charge in [0.05, 0.1) is 17.8 Å². The van der Waals surface area contributed by atoms with Crippen LogP contribution in [0.5, 0.6) is 0 Å². The van der Waals surface area contributed by atoms with Gasteiger partial charge in [-0.2, -0.15) is 16.7 Å². The van der Waals surface area contributed by atoms with Crippen LogP contribution in [0, 0.1) is 0 Å². The lowest BCUT2D eigenvalue weighted by atomic mass is 10.1. The topological polar surface area (TPSA) is 59.2 Å². The zero-order chi connectivity index (χ0) is 12.3. The van der Waals surface area contributed by atoms with E-state index < -0.39 is 0 Å². The highest BCUT2D eigenvalue weighted by Crippen LogP contribution is 2.33. The van der Waals surface area contributed by atoms with E-state index in [4.69, 9.17) is 4.52 Å². The number of aliphatic hydroxyl groups is 1. The highest BCUT2D eigenvalue weighted by atomic mass is 32.2. The summed E-state index contributed by atoms with van der Waals surface area (Å²) >= 11 is 1.84. The molecular formula is C12H20N2O2S. The van der Waals surface area contributed by atoms with Crippen molar-refractivity contribution in [1.82, 2.24) is 10.1 Å². The van der Waals surface area contributed by atoms with Gasteiger partial charge in [0.2, 0.25) is 5.89 Å². The van der Waals surface area contributed by atoms with Gasteiger partial charge in [0.25, 0.3) is 0 Å². The Kier molecular flexibility index (Phi) is 4.45. The van der Waals surface area contributed by atoms with E-state index in [0.717, 1.165) is 37.3 Å². The molecule has 1 aromatic rings. The molecule has 1 fully saturated rings. The fourth-order valence-corrected chi connectivity index (χ4v) is 2.83. The van der Waals surface area contributed by atoms with Gasteiger partial charge in [-0.1, -0.05) is 19.0 Å². The van der Waals surface area contributed by atoms with Crippen LogP contribution >= 0.6 is 11.8 Å². The zero-order valence-electron chi connectivity index (χ0n) is 10.4. The van der Waals surface area contributed by atoms with Gasteiger partial charge >= 0.3 is 0 Å². The summed E-state index contributed by atoms with van der Waals surface area (Å²) in [6, 6.07) is 0. The van der Waals surface area contributed by atoms with Crippen LogP contribution in [0.25, 0.3) is 0 Å². The summed E-state index contributed by atoms with van der Waals surface area (Å²) in [6.07, 6.45) is 3.71. The first-order chi connectivity index (χ1) is 8.20. The maximum Gasteiger partial charge on any atom is 0.232 e. The number of hydrogen-bond acceptors (Lipinski definition) is 5. The van der Waals surface area contributed by atoms with Gasteiger partial charge in [0.1, 0.15) is 0 Å². The van der Waals surface area contributed by atoms with Crippen molar-refractivity contribution < 1.29 is 9.63 Å². The molecule has 2 rings (SSSR count).